The number of rotatable bonds is 5. The molecule has 1 atom stereocenters. The van der Waals surface area contributed by atoms with Crippen LogP contribution in [0.5, 0.6) is 0 Å². The van der Waals surface area contributed by atoms with E-state index < -0.39 is 0 Å². The fraction of sp³-hybridized carbons (Fsp3) is 0.467. The minimum Gasteiger partial charge on any atom is -0.312 e. The predicted molar refractivity (Wildman–Crippen MR) is 76.2 cm³/mol. The summed E-state index contributed by atoms with van der Waals surface area (Å²) >= 11 is 0. The molecule has 1 aromatic carbocycles. The van der Waals surface area contributed by atoms with Gasteiger partial charge in [-0.2, -0.15) is 0 Å². The van der Waals surface area contributed by atoms with Gasteiger partial charge in [0, 0.05) is 12.6 Å². The van der Waals surface area contributed by atoms with E-state index in [0.29, 0.717) is 11.4 Å². The van der Waals surface area contributed by atoms with Crippen LogP contribution in [0.4, 0.5) is 0 Å². The number of hydrogen-bond acceptors (Lipinski definition) is 3. The predicted octanol–water partition coefficient (Wildman–Crippen LogP) is 1.78. The summed E-state index contributed by atoms with van der Waals surface area (Å²) in [5.41, 5.74) is 0.837. The Balaban J connectivity index is 1.92. The molecule has 1 aromatic heterocycles. The number of hydrogen-bond donors (Lipinski definition) is 1. The van der Waals surface area contributed by atoms with Crippen molar-refractivity contribution in [3.8, 4) is 0 Å². The van der Waals surface area contributed by atoms with Crippen molar-refractivity contribution < 1.29 is 0 Å². The average molecular weight is 257 g/mol. The first-order chi connectivity index (χ1) is 9.29. The van der Waals surface area contributed by atoms with Crippen molar-refractivity contribution in [1.29, 1.82) is 0 Å². The summed E-state index contributed by atoms with van der Waals surface area (Å²) in [6.07, 6.45) is 4.22. The molecule has 0 amide bonds. The lowest BCUT2D eigenvalue weighted by Crippen LogP contribution is -2.38. The summed E-state index contributed by atoms with van der Waals surface area (Å²) in [7, 11) is 0. The third-order valence-electron chi connectivity index (χ3n) is 3.78. The molecule has 1 saturated carbocycles. The number of benzene rings is 1. The second kappa shape index (κ2) is 5.13. The fourth-order valence-electron chi connectivity index (χ4n) is 2.59. The minimum absolute atomic E-state index is 0.0640. The van der Waals surface area contributed by atoms with Gasteiger partial charge in [-0.15, -0.1) is 0 Å². The fourth-order valence-corrected chi connectivity index (χ4v) is 2.59. The van der Waals surface area contributed by atoms with Crippen molar-refractivity contribution in [2.24, 2.45) is 5.92 Å². The smallest absolute Gasteiger partial charge is 0.261 e. The van der Waals surface area contributed by atoms with Crippen LogP contribution < -0.4 is 10.9 Å². The van der Waals surface area contributed by atoms with Crippen LogP contribution in [0.3, 0.4) is 0 Å². The van der Waals surface area contributed by atoms with Crippen molar-refractivity contribution in [1.82, 2.24) is 14.9 Å². The van der Waals surface area contributed by atoms with Crippen LogP contribution in [0, 0.1) is 5.92 Å². The maximum absolute atomic E-state index is 12.4. The maximum Gasteiger partial charge on any atom is 0.261 e. The molecular formula is C15H19N3O. The molecule has 1 unspecified atom stereocenters. The molecule has 1 N–H and O–H groups in total. The van der Waals surface area contributed by atoms with Gasteiger partial charge in [-0.05, 0) is 37.4 Å². The van der Waals surface area contributed by atoms with Crippen LogP contribution in [-0.4, -0.2) is 22.1 Å². The van der Waals surface area contributed by atoms with Gasteiger partial charge in [-0.3, -0.25) is 9.36 Å². The number of nitrogens with zero attached hydrogens (tertiary/aromatic N) is 2. The lowest BCUT2D eigenvalue weighted by Gasteiger charge is -2.18. The van der Waals surface area contributed by atoms with Gasteiger partial charge in [0.1, 0.15) is 0 Å². The second-order valence-corrected chi connectivity index (χ2v) is 5.22. The molecule has 1 heterocycles. The molecule has 0 aliphatic heterocycles. The highest BCUT2D eigenvalue weighted by Crippen LogP contribution is 2.33. The zero-order valence-corrected chi connectivity index (χ0v) is 11.2. The normalized spacial score (nSPS) is 16.7. The van der Waals surface area contributed by atoms with Gasteiger partial charge < -0.3 is 5.32 Å². The van der Waals surface area contributed by atoms with Gasteiger partial charge in [0.15, 0.2) is 0 Å². The van der Waals surface area contributed by atoms with Crippen LogP contribution in [0.15, 0.2) is 35.4 Å². The second-order valence-electron chi connectivity index (χ2n) is 5.22. The zero-order chi connectivity index (χ0) is 13.2. The van der Waals surface area contributed by atoms with Crippen LogP contribution in [0.2, 0.25) is 0 Å². The van der Waals surface area contributed by atoms with Crippen LogP contribution in [0.25, 0.3) is 10.9 Å². The van der Waals surface area contributed by atoms with E-state index in [1.54, 1.807) is 10.9 Å². The number of para-hydroxylation sites is 1. The Morgan fingerprint density at radius 3 is 2.95 bits per heavy atom. The van der Waals surface area contributed by atoms with Crippen LogP contribution in [0.1, 0.15) is 19.8 Å². The lowest BCUT2D eigenvalue weighted by molar-refractivity contribution is 0.409. The molecule has 0 bridgehead atoms. The molecule has 19 heavy (non-hydrogen) atoms. The Kier molecular flexibility index (Phi) is 3.34. The van der Waals surface area contributed by atoms with E-state index in [4.69, 9.17) is 0 Å². The third-order valence-corrected chi connectivity index (χ3v) is 3.78. The van der Waals surface area contributed by atoms with Gasteiger partial charge in [-0.1, -0.05) is 19.1 Å². The SMILES string of the molecule is CCNC(Cn1cnc2ccccc2c1=O)C1CC1. The molecule has 0 radical (unpaired) electrons. The number of nitrogens with one attached hydrogen (secondary N) is 1. The van der Waals surface area contributed by atoms with Crippen molar-refractivity contribution in [2.45, 2.75) is 32.4 Å². The van der Waals surface area contributed by atoms with Gasteiger partial charge in [0.2, 0.25) is 0 Å². The molecule has 1 aliphatic rings. The largest absolute Gasteiger partial charge is 0.312 e. The Labute approximate surface area is 112 Å². The topological polar surface area (TPSA) is 46.9 Å². The highest BCUT2D eigenvalue weighted by molar-refractivity contribution is 5.76. The molecule has 3 rings (SSSR count). The van der Waals surface area contributed by atoms with E-state index >= 15 is 0 Å². The van der Waals surface area contributed by atoms with E-state index in [-0.39, 0.29) is 5.56 Å². The molecule has 1 fully saturated rings. The Morgan fingerprint density at radius 1 is 1.42 bits per heavy atom. The first kappa shape index (κ1) is 12.4. The molecule has 0 saturated heterocycles. The van der Waals surface area contributed by atoms with Crippen LogP contribution in [-0.2, 0) is 6.54 Å². The molecule has 1 aliphatic carbocycles. The Hall–Kier alpha value is -1.68. The van der Waals surface area contributed by atoms with E-state index in [2.05, 4.69) is 17.2 Å². The average Bonchev–Trinajstić information content (AvgIpc) is 3.26. The lowest BCUT2D eigenvalue weighted by atomic mass is 10.1. The van der Waals surface area contributed by atoms with E-state index in [1.165, 1.54) is 12.8 Å². The summed E-state index contributed by atoms with van der Waals surface area (Å²) in [5.74, 6) is 0.721. The van der Waals surface area contributed by atoms with Crippen molar-refractivity contribution >= 4 is 10.9 Å². The third kappa shape index (κ3) is 2.54. The Morgan fingerprint density at radius 2 is 2.21 bits per heavy atom. The Bertz CT molecular complexity index is 631. The first-order valence-corrected chi connectivity index (χ1v) is 6.97. The van der Waals surface area contributed by atoms with Crippen LogP contribution >= 0.6 is 0 Å². The standard InChI is InChI=1S/C15H19N3O/c1-2-16-14(11-7-8-11)9-18-10-17-13-6-4-3-5-12(13)15(18)19/h3-6,10-11,14,16H,2,7-9H2,1H3. The minimum atomic E-state index is 0.0640. The number of likely N-dealkylation sites (N-methyl/N-ethyl adjacent to an activating group) is 1. The van der Waals surface area contributed by atoms with E-state index in [9.17, 15) is 4.79 Å². The van der Waals surface area contributed by atoms with Crippen molar-refractivity contribution in [2.75, 3.05) is 6.54 Å². The van der Waals surface area contributed by atoms with Gasteiger partial charge in [-0.25, -0.2) is 4.98 Å². The van der Waals surface area contributed by atoms with Gasteiger partial charge >= 0.3 is 0 Å². The highest BCUT2D eigenvalue weighted by Gasteiger charge is 2.30. The summed E-state index contributed by atoms with van der Waals surface area (Å²) in [6, 6.07) is 7.92. The molecule has 2 aromatic rings. The number of fused-ring (bicyclic) bond motifs is 1. The monoisotopic (exact) mass is 257 g/mol. The molecular weight excluding hydrogens is 238 g/mol. The van der Waals surface area contributed by atoms with Gasteiger partial charge in [0.25, 0.3) is 5.56 Å². The zero-order valence-electron chi connectivity index (χ0n) is 11.2. The van der Waals surface area contributed by atoms with E-state index in [0.717, 1.165) is 24.5 Å². The summed E-state index contributed by atoms with van der Waals surface area (Å²) in [4.78, 5) is 16.8. The number of aromatic nitrogens is 2. The first-order valence-electron chi connectivity index (χ1n) is 6.97. The summed E-state index contributed by atoms with van der Waals surface area (Å²) < 4.78 is 1.74. The highest BCUT2D eigenvalue weighted by atomic mass is 16.1. The molecule has 0 spiro atoms. The van der Waals surface area contributed by atoms with Crippen molar-refractivity contribution in [3.63, 3.8) is 0 Å². The van der Waals surface area contributed by atoms with E-state index in [1.807, 2.05) is 24.3 Å². The molecule has 4 heteroatoms. The quantitative estimate of drug-likeness (QED) is 0.888. The molecule has 4 nitrogen and oxygen atoms in total. The summed E-state index contributed by atoms with van der Waals surface area (Å²) in [6.45, 7) is 3.77. The van der Waals surface area contributed by atoms with Gasteiger partial charge in [0.05, 0.1) is 17.2 Å². The van der Waals surface area contributed by atoms with Crippen molar-refractivity contribution in [3.05, 3.63) is 40.9 Å². The summed E-state index contributed by atoms with van der Waals surface area (Å²) in [5, 5.41) is 4.19. The maximum atomic E-state index is 12.4. The molecule has 100 valence electrons.